The second kappa shape index (κ2) is 9.73. The van der Waals surface area contributed by atoms with Gasteiger partial charge in [0.15, 0.2) is 0 Å². The zero-order valence-corrected chi connectivity index (χ0v) is 18.0. The highest BCUT2D eigenvalue weighted by Gasteiger charge is 2.24. The van der Waals surface area contributed by atoms with Crippen LogP contribution in [0, 0.1) is 0 Å². The molecule has 3 amide bonds. The van der Waals surface area contributed by atoms with Crippen LogP contribution in [0.15, 0.2) is 34.8 Å². The van der Waals surface area contributed by atoms with Crippen LogP contribution in [0.25, 0.3) is 6.08 Å². The molecule has 0 unspecified atom stereocenters. The van der Waals surface area contributed by atoms with Gasteiger partial charge in [0.25, 0.3) is 0 Å². The Morgan fingerprint density at radius 2 is 1.79 bits per heavy atom. The highest BCUT2D eigenvalue weighted by molar-refractivity contribution is 9.10. The van der Waals surface area contributed by atoms with Crippen molar-refractivity contribution in [2.45, 2.75) is 26.4 Å². The number of hydrogen-bond acceptors (Lipinski definition) is 4. The van der Waals surface area contributed by atoms with E-state index in [2.05, 4.69) is 21.2 Å². The van der Waals surface area contributed by atoms with Gasteiger partial charge in [-0.15, -0.1) is 0 Å². The highest BCUT2D eigenvalue weighted by Crippen LogP contribution is 2.13. The number of carbonyl (C=O) groups excluding carboxylic acids is 3. The minimum atomic E-state index is -0.618. The smallest absolute Gasteiger partial charge is 0.408 e. The molecule has 1 aromatic carbocycles. The Labute approximate surface area is 173 Å². The van der Waals surface area contributed by atoms with Crippen molar-refractivity contribution in [2.24, 2.45) is 0 Å². The normalized spacial score (nSPS) is 14.9. The molecule has 1 N–H and O–H groups in total. The van der Waals surface area contributed by atoms with Gasteiger partial charge in [-0.1, -0.05) is 28.1 Å². The molecule has 2 rings (SSSR count). The predicted octanol–water partition coefficient (Wildman–Crippen LogP) is 2.66. The SMILES string of the molecule is CC(C)(C)OC(=O)NCC(=O)N1CCN(C(=O)/C=C/c2cccc(Br)c2)CC1. The first-order valence-electron chi connectivity index (χ1n) is 9.11. The van der Waals surface area contributed by atoms with Crippen LogP contribution in [0.2, 0.25) is 0 Å². The molecule has 0 saturated carbocycles. The van der Waals surface area contributed by atoms with Crippen molar-refractivity contribution in [3.63, 3.8) is 0 Å². The Morgan fingerprint density at radius 1 is 1.14 bits per heavy atom. The number of nitrogens with zero attached hydrogens (tertiary/aromatic N) is 2. The van der Waals surface area contributed by atoms with Crippen LogP contribution < -0.4 is 5.32 Å². The summed E-state index contributed by atoms with van der Waals surface area (Å²) in [7, 11) is 0. The summed E-state index contributed by atoms with van der Waals surface area (Å²) in [4.78, 5) is 39.5. The predicted molar refractivity (Wildman–Crippen MR) is 111 cm³/mol. The number of ether oxygens (including phenoxy) is 1. The van der Waals surface area contributed by atoms with Gasteiger partial charge in [0, 0.05) is 36.7 Å². The summed E-state index contributed by atoms with van der Waals surface area (Å²) in [6, 6.07) is 7.68. The standard InChI is InChI=1S/C20H26BrN3O4/c1-20(2,3)28-19(27)22-14-18(26)24-11-9-23(10-12-24)17(25)8-7-15-5-4-6-16(21)13-15/h4-8,13H,9-12,14H2,1-3H3,(H,22,27)/b8-7+. The monoisotopic (exact) mass is 451 g/mol. The van der Waals surface area contributed by atoms with Crippen LogP contribution >= 0.6 is 15.9 Å². The van der Waals surface area contributed by atoms with E-state index in [4.69, 9.17) is 4.74 Å². The van der Waals surface area contributed by atoms with E-state index in [0.29, 0.717) is 26.2 Å². The summed E-state index contributed by atoms with van der Waals surface area (Å²) < 4.78 is 6.06. The molecule has 0 aliphatic carbocycles. The van der Waals surface area contributed by atoms with Crippen molar-refractivity contribution >= 4 is 39.9 Å². The van der Waals surface area contributed by atoms with Crippen molar-refractivity contribution in [3.05, 3.63) is 40.4 Å². The van der Waals surface area contributed by atoms with Gasteiger partial charge >= 0.3 is 6.09 Å². The minimum absolute atomic E-state index is 0.0843. The minimum Gasteiger partial charge on any atom is -0.444 e. The average molecular weight is 452 g/mol. The van der Waals surface area contributed by atoms with Gasteiger partial charge in [0.05, 0.1) is 0 Å². The molecule has 7 nitrogen and oxygen atoms in total. The zero-order valence-electron chi connectivity index (χ0n) is 16.4. The molecule has 1 heterocycles. The summed E-state index contributed by atoms with van der Waals surface area (Å²) in [6.45, 7) is 6.95. The second-order valence-electron chi connectivity index (χ2n) is 7.45. The average Bonchev–Trinajstić information content (AvgIpc) is 2.63. The second-order valence-corrected chi connectivity index (χ2v) is 8.37. The first-order valence-corrected chi connectivity index (χ1v) is 9.90. The van der Waals surface area contributed by atoms with E-state index >= 15 is 0 Å². The maximum atomic E-state index is 12.3. The molecule has 8 heteroatoms. The lowest BCUT2D eigenvalue weighted by molar-refractivity contribution is -0.136. The number of rotatable bonds is 4. The summed E-state index contributed by atoms with van der Waals surface area (Å²) in [5, 5.41) is 2.47. The van der Waals surface area contributed by atoms with Crippen molar-refractivity contribution < 1.29 is 19.1 Å². The van der Waals surface area contributed by atoms with Crippen molar-refractivity contribution in [2.75, 3.05) is 32.7 Å². The third-order valence-electron chi connectivity index (χ3n) is 3.99. The van der Waals surface area contributed by atoms with E-state index in [9.17, 15) is 14.4 Å². The number of halogens is 1. The first kappa shape index (κ1) is 21.9. The van der Waals surface area contributed by atoms with Gasteiger partial charge in [0.1, 0.15) is 12.1 Å². The Hall–Kier alpha value is -2.35. The number of piperazine rings is 1. The van der Waals surface area contributed by atoms with E-state index in [-0.39, 0.29) is 18.4 Å². The Kier molecular flexibility index (Phi) is 7.62. The number of hydrogen-bond donors (Lipinski definition) is 1. The van der Waals surface area contributed by atoms with Gasteiger partial charge in [-0.25, -0.2) is 4.79 Å². The molecule has 152 valence electrons. The van der Waals surface area contributed by atoms with Crippen LogP contribution in [0.4, 0.5) is 4.79 Å². The molecule has 1 aromatic rings. The van der Waals surface area contributed by atoms with Gasteiger partial charge < -0.3 is 19.9 Å². The summed E-state index contributed by atoms with van der Waals surface area (Å²) in [6.07, 6.45) is 2.70. The number of carbonyl (C=O) groups is 3. The van der Waals surface area contributed by atoms with Crippen LogP contribution in [0.1, 0.15) is 26.3 Å². The third kappa shape index (κ3) is 7.34. The first-order chi connectivity index (χ1) is 13.1. The fourth-order valence-corrected chi connectivity index (χ4v) is 3.05. The molecule has 0 atom stereocenters. The van der Waals surface area contributed by atoms with Crippen LogP contribution in [-0.4, -0.2) is 66.0 Å². The molecule has 1 fully saturated rings. The Bertz CT molecular complexity index is 750. The van der Waals surface area contributed by atoms with Gasteiger partial charge in [-0.05, 0) is 44.5 Å². The van der Waals surface area contributed by atoms with Gasteiger partial charge in [0.2, 0.25) is 11.8 Å². The van der Waals surface area contributed by atoms with Crippen LogP contribution in [-0.2, 0) is 14.3 Å². The van der Waals surface area contributed by atoms with E-state index < -0.39 is 11.7 Å². The topological polar surface area (TPSA) is 79.0 Å². The summed E-state index contributed by atoms with van der Waals surface area (Å²) in [5.41, 5.74) is 0.326. The van der Waals surface area contributed by atoms with Crippen LogP contribution in [0.5, 0.6) is 0 Å². The lowest BCUT2D eigenvalue weighted by Crippen LogP contribution is -2.52. The van der Waals surface area contributed by atoms with Gasteiger partial charge in [-0.2, -0.15) is 0 Å². The fourth-order valence-electron chi connectivity index (χ4n) is 2.63. The maximum Gasteiger partial charge on any atom is 0.408 e. The maximum absolute atomic E-state index is 12.3. The lowest BCUT2D eigenvalue weighted by atomic mass is 10.2. The fraction of sp³-hybridized carbons (Fsp3) is 0.450. The van der Waals surface area contributed by atoms with Crippen molar-refractivity contribution in [1.29, 1.82) is 0 Å². The molecule has 0 bridgehead atoms. The van der Waals surface area contributed by atoms with Crippen molar-refractivity contribution in [1.82, 2.24) is 15.1 Å². The van der Waals surface area contributed by atoms with E-state index in [0.717, 1.165) is 10.0 Å². The molecular formula is C20H26BrN3O4. The molecule has 0 spiro atoms. The lowest BCUT2D eigenvalue weighted by Gasteiger charge is -2.34. The molecule has 1 aliphatic rings. The number of amides is 3. The molecule has 0 aromatic heterocycles. The largest absolute Gasteiger partial charge is 0.444 e. The number of benzene rings is 1. The molecule has 1 aliphatic heterocycles. The van der Waals surface area contributed by atoms with E-state index in [1.807, 2.05) is 24.3 Å². The van der Waals surface area contributed by atoms with E-state index in [1.165, 1.54) is 0 Å². The zero-order chi connectivity index (χ0) is 20.7. The third-order valence-corrected chi connectivity index (χ3v) is 4.49. The van der Waals surface area contributed by atoms with E-state index in [1.54, 1.807) is 42.7 Å². The number of alkyl carbamates (subject to hydrolysis) is 1. The highest BCUT2D eigenvalue weighted by atomic mass is 79.9. The molecule has 1 saturated heterocycles. The molecule has 28 heavy (non-hydrogen) atoms. The van der Waals surface area contributed by atoms with Crippen molar-refractivity contribution in [3.8, 4) is 0 Å². The molecule has 0 radical (unpaired) electrons. The Balaban J connectivity index is 1.76. The molecular weight excluding hydrogens is 426 g/mol. The van der Waals surface area contributed by atoms with Gasteiger partial charge in [-0.3, -0.25) is 9.59 Å². The summed E-state index contributed by atoms with van der Waals surface area (Å²) in [5.74, 6) is -0.276. The number of nitrogens with one attached hydrogen (secondary N) is 1. The Morgan fingerprint density at radius 3 is 2.39 bits per heavy atom. The quantitative estimate of drug-likeness (QED) is 0.713. The summed E-state index contributed by atoms with van der Waals surface area (Å²) >= 11 is 3.40. The van der Waals surface area contributed by atoms with Crippen LogP contribution in [0.3, 0.4) is 0 Å².